The van der Waals surface area contributed by atoms with Gasteiger partial charge in [0, 0.05) is 6.08 Å². The lowest BCUT2D eigenvalue weighted by Gasteiger charge is -2.09. The number of esters is 1. The molecule has 1 aromatic rings. The van der Waals surface area contributed by atoms with Crippen LogP contribution in [-0.4, -0.2) is 23.6 Å². The van der Waals surface area contributed by atoms with Crippen molar-refractivity contribution in [2.75, 3.05) is 6.61 Å². The molecule has 0 unspecified atom stereocenters. The third kappa shape index (κ3) is 6.21. The zero-order valence-corrected chi connectivity index (χ0v) is 10.7. The zero-order valence-electron chi connectivity index (χ0n) is 10.7. The Bertz CT molecular complexity index is 464. The van der Waals surface area contributed by atoms with Gasteiger partial charge in [-0.25, -0.2) is 4.79 Å². The molecule has 0 N–H and O–H groups in total. The van der Waals surface area contributed by atoms with Crippen LogP contribution in [0.15, 0.2) is 30.5 Å². The summed E-state index contributed by atoms with van der Waals surface area (Å²) >= 11 is 0. The van der Waals surface area contributed by atoms with E-state index < -0.39 is 10.9 Å². The van der Waals surface area contributed by atoms with Gasteiger partial charge in [0.1, 0.15) is 5.75 Å². The minimum Gasteiger partial charge on any atom is -0.482 e. The minimum atomic E-state index is -0.535. The standard InChI is InChI=1S/C13H15NO5/c1-10(2)19-13(15)9-18-12-5-3-11(4-6-12)7-8-14(16)17/h3-8,10H,9H2,1-2H3/b8-7+. The Labute approximate surface area is 110 Å². The van der Waals surface area contributed by atoms with Gasteiger partial charge < -0.3 is 9.47 Å². The maximum atomic E-state index is 11.2. The van der Waals surface area contributed by atoms with E-state index in [1.165, 1.54) is 6.08 Å². The Kier molecular flexibility index (Phi) is 5.53. The van der Waals surface area contributed by atoms with Crippen molar-refractivity contribution in [3.8, 4) is 5.75 Å². The summed E-state index contributed by atoms with van der Waals surface area (Å²) in [6.07, 6.45) is 2.05. The van der Waals surface area contributed by atoms with Crippen LogP contribution in [0.2, 0.25) is 0 Å². The van der Waals surface area contributed by atoms with Crippen molar-refractivity contribution in [3.05, 3.63) is 46.1 Å². The van der Waals surface area contributed by atoms with Gasteiger partial charge >= 0.3 is 5.97 Å². The fraction of sp³-hybridized carbons (Fsp3) is 0.308. The Morgan fingerprint density at radius 3 is 2.53 bits per heavy atom. The number of hydrogen-bond donors (Lipinski definition) is 0. The highest BCUT2D eigenvalue weighted by atomic mass is 16.6. The van der Waals surface area contributed by atoms with Crippen LogP contribution in [0.3, 0.4) is 0 Å². The van der Waals surface area contributed by atoms with Crippen molar-refractivity contribution >= 4 is 12.0 Å². The molecule has 0 aliphatic heterocycles. The smallest absolute Gasteiger partial charge is 0.344 e. The molecule has 0 radical (unpaired) electrons. The largest absolute Gasteiger partial charge is 0.482 e. The molecule has 0 fully saturated rings. The molecule has 0 aromatic heterocycles. The van der Waals surface area contributed by atoms with Crippen molar-refractivity contribution in [2.45, 2.75) is 20.0 Å². The average molecular weight is 265 g/mol. The molecule has 0 aliphatic carbocycles. The fourth-order valence-electron chi connectivity index (χ4n) is 1.26. The van der Waals surface area contributed by atoms with Gasteiger partial charge in [0.25, 0.3) is 0 Å². The van der Waals surface area contributed by atoms with E-state index >= 15 is 0 Å². The number of nitro groups is 1. The Hall–Kier alpha value is -2.37. The molecule has 0 heterocycles. The normalized spacial score (nSPS) is 10.7. The number of ether oxygens (including phenoxy) is 2. The molecule has 0 atom stereocenters. The molecule has 0 saturated heterocycles. The zero-order chi connectivity index (χ0) is 14.3. The number of carbonyl (C=O) groups is 1. The van der Waals surface area contributed by atoms with Crippen molar-refractivity contribution < 1.29 is 19.2 Å². The lowest BCUT2D eigenvalue weighted by atomic mass is 10.2. The van der Waals surface area contributed by atoms with E-state index in [1.54, 1.807) is 38.1 Å². The van der Waals surface area contributed by atoms with E-state index in [9.17, 15) is 14.9 Å². The van der Waals surface area contributed by atoms with Crippen molar-refractivity contribution in [2.24, 2.45) is 0 Å². The SMILES string of the molecule is CC(C)OC(=O)COc1ccc(/C=C/[N+](=O)[O-])cc1. The van der Waals surface area contributed by atoms with Crippen LogP contribution < -0.4 is 4.74 Å². The molecule has 6 heteroatoms. The van der Waals surface area contributed by atoms with Crippen molar-refractivity contribution in [1.29, 1.82) is 0 Å². The molecule has 102 valence electrons. The molecular weight excluding hydrogens is 250 g/mol. The van der Waals surface area contributed by atoms with Crippen LogP contribution >= 0.6 is 0 Å². The van der Waals surface area contributed by atoms with Crippen LogP contribution in [-0.2, 0) is 9.53 Å². The first kappa shape index (κ1) is 14.7. The molecule has 1 aromatic carbocycles. The van der Waals surface area contributed by atoms with Crippen LogP contribution in [0.25, 0.3) is 6.08 Å². The Morgan fingerprint density at radius 1 is 1.37 bits per heavy atom. The molecular formula is C13H15NO5. The van der Waals surface area contributed by atoms with E-state index in [2.05, 4.69) is 0 Å². The second-order valence-electron chi connectivity index (χ2n) is 4.00. The third-order valence-electron chi connectivity index (χ3n) is 1.99. The molecule has 6 nitrogen and oxygen atoms in total. The lowest BCUT2D eigenvalue weighted by Crippen LogP contribution is -2.18. The van der Waals surface area contributed by atoms with Gasteiger partial charge in [-0.2, -0.15) is 0 Å². The second kappa shape index (κ2) is 7.15. The minimum absolute atomic E-state index is 0.164. The first-order valence-corrected chi connectivity index (χ1v) is 5.71. The predicted molar refractivity (Wildman–Crippen MR) is 69.2 cm³/mol. The molecule has 1 rings (SSSR count). The number of rotatable bonds is 6. The summed E-state index contributed by atoms with van der Waals surface area (Å²) in [7, 11) is 0. The first-order valence-electron chi connectivity index (χ1n) is 5.71. The molecule has 0 amide bonds. The van der Waals surface area contributed by atoms with E-state index in [1.807, 2.05) is 0 Å². The summed E-state index contributed by atoms with van der Waals surface area (Å²) in [4.78, 5) is 20.9. The van der Waals surface area contributed by atoms with Gasteiger partial charge in [0.05, 0.1) is 11.0 Å². The number of nitrogens with zero attached hydrogens (tertiary/aromatic N) is 1. The van der Waals surface area contributed by atoms with Crippen LogP contribution in [0.1, 0.15) is 19.4 Å². The Balaban J connectivity index is 2.48. The van der Waals surface area contributed by atoms with Gasteiger partial charge in [-0.1, -0.05) is 12.1 Å². The Morgan fingerprint density at radius 2 is 2.00 bits per heavy atom. The van der Waals surface area contributed by atoms with E-state index in [0.29, 0.717) is 11.3 Å². The highest BCUT2D eigenvalue weighted by molar-refractivity contribution is 5.71. The van der Waals surface area contributed by atoms with Gasteiger partial charge in [-0.05, 0) is 31.5 Å². The maximum Gasteiger partial charge on any atom is 0.344 e. The molecule has 0 saturated carbocycles. The van der Waals surface area contributed by atoms with Crippen molar-refractivity contribution in [1.82, 2.24) is 0 Å². The number of carbonyl (C=O) groups excluding carboxylic acids is 1. The summed E-state index contributed by atoms with van der Waals surface area (Å²) in [6, 6.07) is 6.57. The fourth-order valence-corrected chi connectivity index (χ4v) is 1.26. The summed E-state index contributed by atoms with van der Waals surface area (Å²) in [6.45, 7) is 3.35. The predicted octanol–water partition coefficient (Wildman–Crippen LogP) is 2.26. The molecule has 0 aliphatic rings. The van der Waals surface area contributed by atoms with E-state index in [4.69, 9.17) is 9.47 Å². The van der Waals surface area contributed by atoms with Crippen LogP contribution in [0.4, 0.5) is 0 Å². The van der Waals surface area contributed by atoms with E-state index in [0.717, 1.165) is 6.20 Å². The molecule has 0 bridgehead atoms. The van der Waals surface area contributed by atoms with Crippen LogP contribution in [0.5, 0.6) is 5.75 Å². The first-order chi connectivity index (χ1) is 8.97. The molecule has 19 heavy (non-hydrogen) atoms. The third-order valence-corrected chi connectivity index (χ3v) is 1.99. The lowest BCUT2D eigenvalue weighted by molar-refractivity contribution is -0.400. The summed E-state index contributed by atoms with van der Waals surface area (Å²) < 4.78 is 10.1. The molecule has 0 spiro atoms. The van der Waals surface area contributed by atoms with E-state index in [-0.39, 0.29) is 12.7 Å². The van der Waals surface area contributed by atoms with Crippen molar-refractivity contribution in [3.63, 3.8) is 0 Å². The topological polar surface area (TPSA) is 78.7 Å². The highest BCUT2D eigenvalue weighted by Gasteiger charge is 2.06. The highest BCUT2D eigenvalue weighted by Crippen LogP contribution is 2.13. The average Bonchev–Trinajstić information content (AvgIpc) is 2.34. The summed E-state index contributed by atoms with van der Waals surface area (Å²) in [5, 5.41) is 10.1. The second-order valence-corrected chi connectivity index (χ2v) is 4.00. The van der Waals surface area contributed by atoms with Gasteiger partial charge in [0.2, 0.25) is 6.20 Å². The number of hydrogen-bond acceptors (Lipinski definition) is 5. The van der Waals surface area contributed by atoms with Gasteiger partial charge in [0.15, 0.2) is 6.61 Å². The number of benzene rings is 1. The summed E-state index contributed by atoms with van der Waals surface area (Å²) in [5.74, 6) is 0.0614. The summed E-state index contributed by atoms with van der Waals surface area (Å²) in [5.41, 5.74) is 0.675. The van der Waals surface area contributed by atoms with Gasteiger partial charge in [-0.3, -0.25) is 10.1 Å². The monoisotopic (exact) mass is 265 g/mol. The quantitative estimate of drug-likeness (QED) is 0.448. The van der Waals surface area contributed by atoms with Crippen LogP contribution in [0, 0.1) is 10.1 Å². The maximum absolute atomic E-state index is 11.2. The van der Waals surface area contributed by atoms with Gasteiger partial charge in [-0.15, -0.1) is 0 Å².